The number of rotatable bonds is 10. The topological polar surface area (TPSA) is 12.0 Å². The molecule has 2 atom stereocenters. The molecule has 0 aromatic carbocycles. The molecule has 1 nitrogen and oxygen atoms in total. The predicted molar refractivity (Wildman–Crippen MR) is 95.0 cm³/mol. The van der Waals surface area contributed by atoms with Crippen molar-refractivity contribution in [1.29, 1.82) is 0 Å². The van der Waals surface area contributed by atoms with Gasteiger partial charge in [-0.25, -0.2) is 0 Å². The third kappa shape index (κ3) is 5.75. The van der Waals surface area contributed by atoms with Crippen LogP contribution in [0.25, 0.3) is 0 Å². The third-order valence-corrected chi connectivity index (χ3v) is 5.88. The van der Waals surface area contributed by atoms with Gasteiger partial charge < -0.3 is 5.32 Å². The van der Waals surface area contributed by atoms with Gasteiger partial charge >= 0.3 is 0 Å². The molecule has 2 rings (SSSR count). The Bertz CT molecular complexity index is 354. The van der Waals surface area contributed by atoms with E-state index in [9.17, 15) is 0 Å². The summed E-state index contributed by atoms with van der Waals surface area (Å²) >= 11 is 1.93. The van der Waals surface area contributed by atoms with Crippen LogP contribution in [0, 0.1) is 5.92 Å². The van der Waals surface area contributed by atoms with E-state index in [-0.39, 0.29) is 0 Å². The van der Waals surface area contributed by atoms with Crippen molar-refractivity contribution in [3.63, 3.8) is 0 Å². The second kappa shape index (κ2) is 9.63. The van der Waals surface area contributed by atoms with E-state index in [0.717, 1.165) is 5.92 Å². The molecule has 1 saturated carbocycles. The Morgan fingerprint density at radius 3 is 2.62 bits per heavy atom. The first-order valence-corrected chi connectivity index (χ1v) is 9.98. The molecule has 1 heterocycles. The molecule has 0 aliphatic heterocycles. The van der Waals surface area contributed by atoms with E-state index in [1.54, 1.807) is 4.88 Å². The van der Waals surface area contributed by atoms with E-state index < -0.39 is 0 Å². The van der Waals surface area contributed by atoms with Crippen LogP contribution in [0.5, 0.6) is 0 Å². The molecular formula is C19H33NS. The first-order chi connectivity index (χ1) is 10.3. The fourth-order valence-corrected chi connectivity index (χ4v) is 4.53. The van der Waals surface area contributed by atoms with E-state index in [1.807, 2.05) is 11.3 Å². The molecular weight excluding hydrogens is 274 g/mol. The van der Waals surface area contributed by atoms with Gasteiger partial charge in [0.15, 0.2) is 0 Å². The molecule has 21 heavy (non-hydrogen) atoms. The minimum absolute atomic E-state index is 0.609. The zero-order valence-electron chi connectivity index (χ0n) is 13.9. The maximum atomic E-state index is 3.96. The Morgan fingerprint density at radius 2 is 1.95 bits per heavy atom. The summed E-state index contributed by atoms with van der Waals surface area (Å²) in [6, 6.07) is 5.80. The second-order valence-corrected chi connectivity index (χ2v) is 7.79. The fourth-order valence-electron chi connectivity index (χ4n) is 3.65. The predicted octanol–water partition coefficient (Wildman–Crippen LogP) is 6.32. The molecule has 1 aliphatic carbocycles. The highest BCUT2D eigenvalue weighted by Gasteiger charge is 2.27. The van der Waals surface area contributed by atoms with Crippen LogP contribution in [0.4, 0.5) is 0 Å². The molecule has 2 heteroatoms. The van der Waals surface area contributed by atoms with Gasteiger partial charge in [0, 0.05) is 17.0 Å². The Kier molecular flexibility index (Phi) is 7.81. The molecule has 2 unspecified atom stereocenters. The molecule has 0 saturated heterocycles. The van der Waals surface area contributed by atoms with Crippen LogP contribution in [0.2, 0.25) is 0 Å². The summed E-state index contributed by atoms with van der Waals surface area (Å²) in [5.41, 5.74) is 0. The van der Waals surface area contributed by atoms with Crippen LogP contribution in [0.15, 0.2) is 17.5 Å². The minimum atomic E-state index is 0.609. The number of hydrogen-bond donors (Lipinski definition) is 1. The molecule has 1 N–H and O–H groups in total. The molecule has 1 aliphatic rings. The Balaban J connectivity index is 1.78. The quantitative estimate of drug-likeness (QED) is 0.499. The van der Waals surface area contributed by atoms with E-state index in [0.29, 0.717) is 12.1 Å². The lowest BCUT2D eigenvalue weighted by Crippen LogP contribution is -2.34. The summed E-state index contributed by atoms with van der Waals surface area (Å²) < 4.78 is 0. The molecule has 1 aromatic heterocycles. The van der Waals surface area contributed by atoms with Crippen LogP contribution < -0.4 is 5.32 Å². The minimum Gasteiger partial charge on any atom is -0.306 e. The average Bonchev–Trinajstić information content (AvgIpc) is 3.18. The highest BCUT2D eigenvalue weighted by atomic mass is 32.1. The summed E-state index contributed by atoms with van der Waals surface area (Å²) in [5.74, 6) is 0.867. The average molecular weight is 308 g/mol. The van der Waals surface area contributed by atoms with Crippen molar-refractivity contribution in [3.8, 4) is 0 Å². The maximum Gasteiger partial charge on any atom is 0.0445 e. The molecule has 120 valence electrons. The van der Waals surface area contributed by atoms with Crippen molar-refractivity contribution in [2.45, 2.75) is 90.1 Å². The van der Waals surface area contributed by atoms with Crippen molar-refractivity contribution >= 4 is 11.3 Å². The highest BCUT2D eigenvalue weighted by molar-refractivity contribution is 7.10. The van der Waals surface area contributed by atoms with Crippen molar-refractivity contribution in [2.24, 2.45) is 5.92 Å². The number of nitrogens with one attached hydrogen (secondary N) is 1. The van der Waals surface area contributed by atoms with Gasteiger partial charge in [-0.15, -0.1) is 11.3 Å². The zero-order valence-corrected chi connectivity index (χ0v) is 14.8. The lowest BCUT2D eigenvalue weighted by Gasteiger charge is -2.27. The summed E-state index contributed by atoms with van der Waals surface area (Å²) in [6.07, 6.45) is 14.0. The van der Waals surface area contributed by atoms with Crippen LogP contribution >= 0.6 is 11.3 Å². The summed E-state index contributed by atoms with van der Waals surface area (Å²) in [7, 11) is 0. The maximum absolute atomic E-state index is 3.96. The fraction of sp³-hybridized carbons (Fsp3) is 0.789. The van der Waals surface area contributed by atoms with E-state index >= 15 is 0 Å². The van der Waals surface area contributed by atoms with Gasteiger partial charge in [0.25, 0.3) is 0 Å². The van der Waals surface area contributed by atoms with Crippen molar-refractivity contribution in [2.75, 3.05) is 0 Å². The van der Waals surface area contributed by atoms with Crippen LogP contribution in [0.1, 0.15) is 89.0 Å². The van der Waals surface area contributed by atoms with Gasteiger partial charge in [-0.3, -0.25) is 0 Å². The summed E-state index contributed by atoms with van der Waals surface area (Å²) in [6.45, 7) is 4.67. The van der Waals surface area contributed by atoms with Crippen LogP contribution in [0.3, 0.4) is 0 Å². The third-order valence-electron chi connectivity index (χ3n) is 4.93. The zero-order chi connectivity index (χ0) is 14.9. The normalized spacial score (nSPS) is 19.0. The standard InChI is InChI=1S/C19H33NS/c1-3-4-5-6-7-11-16(2)20-19(17-12-8-9-13-17)18-14-10-15-21-18/h10,14-17,19-20H,3-9,11-13H2,1-2H3. The Labute approximate surface area is 135 Å². The van der Waals surface area contributed by atoms with E-state index in [4.69, 9.17) is 0 Å². The molecule has 0 bridgehead atoms. The van der Waals surface area contributed by atoms with E-state index in [2.05, 4.69) is 36.7 Å². The summed E-state index contributed by atoms with van der Waals surface area (Å²) in [4.78, 5) is 1.56. The van der Waals surface area contributed by atoms with Crippen molar-refractivity contribution < 1.29 is 0 Å². The molecule has 0 radical (unpaired) electrons. The second-order valence-electron chi connectivity index (χ2n) is 6.81. The van der Waals surface area contributed by atoms with Gasteiger partial charge in [0.1, 0.15) is 0 Å². The lowest BCUT2D eigenvalue weighted by atomic mass is 9.95. The lowest BCUT2D eigenvalue weighted by molar-refractivity contribution is 0.328. The van der Waals surface area contributed by atoms with Gasteiger partial charge in [-0.05, 0) is 43.6 Å². The first kappa shape index (κ1) is 17.0. The smallest absolute Gasteiger partial charge is 0.0445 e. The highest BCUT2D eigenvalue weighted by Crippen LogP contribution is 2.37. The Hall–Kier alpha value is -0.340. The summed E-state index contributed by atoms with van der Waals surface area (Å²) in [5, 5.41) is 6.19. The van der Waals surface area contributed by atoms with Gasteiger partial charge in [0.2, 0.25) is 0 Å². The van der Waals surface area contributed by atoms with Crippen molar-refractivity contribution in [3.05, 3.63) is 22.4 Å². The SMILES string of the molecule is CCCCCCCC(C)NC(c1cccs1)C1CCCC1. The molecule has 1 aromatic rings. The molecule has 0 spiro atoms. The van der Waals surface area contributed by atoms with Crippen molar-refractivity contribution in [1.82, 2.24) is 5.32 Å². The van der Waals surface area contributed by atoms with Gasteiger partial charge in [-0.2, -0.15) is 0 Å². The molecule has 0 amide bonds. The number of thiophene rings is 1. The van der Waals surface area contributed by atoms with Crippen LogP contribution in [-0.4, -0.2) is 6.04 Å². The Morgan fingerprint density at radius 1 is 1.19 bits per heavy atom. The van der Waals surface area contributed by atoms with Gasteiger partial charge in [0.05, 0.1) is 0 Å². The van der Waals surface area contributed by atoms with Crippen LogP contribution in [-0.2, 0) is 0 Å². The first-order valence-electron chi connectivity index (χ1n) is 9.10. The molecule has 1 fully saturated rings. The largest absolute Gasteiger partial charge is 0.306 e. The number of hydrogen-bond acceptors (Lipinski definition) is 2. The monoisotopic (exact) mass is 307 g/mol. The number of unbranched alkanes of at least 4 members (excludes halogenated alkanes) is 4. The van der Waals surface area contributed by atoms with E-state index in [1.165, 1.54) is 64.2 Å². The van der Waals surface area contributed by atoms with Gasteiger partial charge in [-0.1, -0.05) is 57.9 Å².